The van der Waals surface area contributed by atoms with Crippen LogP contribution in [0.3, 0.4) is 0 Å². The Labute approximate surface area is 309 Å². The smallest absolute Gasteiger partial charge is 0.306 e. The fourth-order valence-corrected chi connectivity index (χ4v) is 5.96. The number of fused-ring (bicyclic) bond motifs is 1. The molecule has 16 heteroatoms. The first-order valence-corrected chi connectivity index (χ1v) is 16.8. The molecule has 1 aromatic heterocycles. The molecule has 288 valence electrons. The molecular formula is C39H34F2O14. The average molecular weight is 765 g/mol. The number of esters is 2. The Hall–Kier alpha value is -6.23. The number of ether oxygens (including phenoxy) is 4. The molecule has 55 heavy (non-hydrogen) atoms. The van der Waals surface area contributed by atoms with Gasteiger partial charge in [-0.25, -0.2) is 8.78 Å². The van der Waals surface area contributed by atoms with Crippen LogP contribution in [0.1, 0.15) is 24.0 Å². The molecule has 0 aliphatic carbocycles. The van der Waals surface area contributed by atoms with Gasteiger partial charge in [0.25, 0.3) is 0 Å². The lowest BCUT2D eigenvalue weighted by Gasteiger charge is -2.42. The molecule has 6 rings (SSSR count). The predicted octanol–water partition coefficient (Wildman–Crippen LogP) is 4.11. The summed E-state index contributed by atoms with van der Waals surface area (Å²) in [4.78, 5) is 40.6. The Balaban J connectivity index is 1.39. The third-order valence-electron chi connectivity index (χ3n) is 8.78. The standard InChI is InChI=1S/C39H34F2O14/c40-22-8-1-19(2-9-22)5-13-30(47)53-36-33(49)29(18-42)52-39(38(36)54-31(48)14-6-20-3-10-23(41)11-4-20)55-37-34(50)32-27(46)16-24(43)17-28(32)51-35(37)21-7-12-25(44)26(45)15-21/h1-4,7-12,15-17,29,33,36,38-39,42-46,49H,5-6,13-14,18H2/t29-,33-,36+,38-,39+/m1/s1. The summed E-state index contributed by atoms with van der Waals surface area (Å²) in [5, 5.41) is 61.9. The van der Waals surface area contributed by atoms with Crippen molar-refractivity contribution < 1.29 is 72.4 Å². The van der Waals surface area contributed by atoms with E-state index in [4.69, 9.17) is 23.4 Å². The van der Waals surface area contributed by atoms with Gasteiger partial charge >= 0.3 is 11.9 Å². The number of aryl methyl sites for hydroxylation is 2. The Morgan fingerprint density at radius 1 is 0.727 bits per heavy atom. The molecule has 0 unspecified atom stereocenters. The van der Waals surface area contributed by atoms with Crippen molar-refractivity contribution in [1.29, 1.82) is 0 Å². The normalized spacial score (nSPS) is 19.5. The number of halogens is 2. The number of carbonyl (C=O) groups excluding carboxylic acids is 2. The fourth-order valence-electron chi connectivity index (χ4n) is 5.96. The first-order chi connectivity index (χ1) is 26.3. The van der Waals surface area contributed by atoms with Crippen molar-refractivity contribution in [3.8, 4) is 40.1 Å². The van der Waals surface area contributed by atoms with E-state index < -0.39 is 106 Å². The van der Waals surface area contributed by atoms with E-state index in [1.165, 1.54) is 54.6 Å². The first kappa shape index (κ1) is 38.5. The van der Waals surface area contributed by atoms with Crippen LogP contribution in [0.5, 0.6) is 28.7 Å². The maximum atomic E-state index is 14.1. The largest absolute Gasteiger partial charge is 0.508 e. The first-order valence-electron chi connectivity index (χ1n) is 16.8. The molecule has 0 radical (unpaired) electrons. The maximum Gasteiger partial charge on any atom is 0.306 e. The molecule has 0 amide bonds. The second-order valence-electron chi connectivity index (χ2n) is 12.6. The average Bonchev–Trinajstić information content (AvgIpc) is 3.15. The Morgan fingerprint density at radius 3 is 1.87 bits per heavy atom. The van der Waals surface area contributed by atoms with E-state index in [1.807, 2.05) is 0 Å². The number of hydrogen-bond donors (Lipinski definition) is 6. The minimum absolute atomic E-state index is 0.0665. The van der Waals surface area contributed by atoms with Gasteiger partial charge in [-0.15, -0.1) is 0 Å². The number of aliphatic hydroxyl groups excluding tert-OH is 2. The molecular weight excluding hydrogens is 730 g/mol. The summed E-state index contributed by atoms with van der Waals surface area (Å²) in [5.74, 6) is -6.36. The van der Waals surface area contributed by atoms with Gasteiger partial charge in [-0.05, 0) is 66.4 Å². The van der Waals surface area contributed by atoms with Gasteiger partial charge in [-0.2, -0.15) is 0 Å². The molecule has 0 spiro atoms. The summed E-state index contributed by atoms with van der Waals surface area (Å²) in [6.45, 7) is -0.888. The zero-order valence-electron chi connectivity index (χ0n) is 28.6. The van der Waals surface area contributed by atoms with Crippen LogP contribution in [0.4, 0.5) is 8.78 Å². The van der Waals surface area contributed by atoms with E-state index in [0.29, 0.717) is 11.1 Å². The highest BCUT2D eigenvalue weighted by atomic mass is 19.1. The van der Waals surface area contributed by atoms with Crippen molar-refractivity contribution in [3.63, 3.8) is 0 Å². The second kappa shape index (κ2) is 16.4. The van der Waals surface area contributed by atoms with E-state index in [-0.39, 0.29) is 36.8 Å². The van der Waals surface area contributed by atoms with E-state index in [1.54, 1.807) is 0 Å². The number of rotatable bonds is 12. The topological polar surface area (TPSA) is 223 Å². The predicted molar refractivity (Wildman–Crippen MR) is 186 cm³/mol. The molecule has 5 atom stereocenters. The molecule has 14 nitrogen and oxygen atoms in total. The Kier molecular flexibility index (Phi) is 11.5. The Morgan fingerprint density at radius 2 is 1.31 bits per heavy atom. The molecule has 1 aliphatic rings. The molecule has 4 aromatic carbocycles. The minimum atomic E-state index is -1.95. The molecule has 2 heterocycles. The van der Waals surface area contributed by atoms with Crippen molar-refractivity contribution >= 4 is 22.9 Å². The highest BCUT2D eigenvalue weighted by molar-refractivity contribution is 5.88. The lowest BCUT2D eigenvalue weighted by atomic mass is 9.98. The van der Waals surface area contributed by atoms with Gasteiger partial charge in [0, 0.05) is 30.5 Å². The van der Waals surface area contributed by atoms with E-state index >= 15 is 0 Å². The van der Waals surface area contributed by atoms with Crippen LogP contribution in [0.15, 0.2) is 88.1 Å². The van der Waals surface area contributed by atoms with Crippen LogP contribution < -0.4 is 10.2 Å². The lowest BCUT2D eigenvalue weighted by Crippen LogP contribution is -2.62. The summed E-state index contributed by atoms with van der Waals surface area (Å²) < 4.78 is 56.0. The molecule has 1 aliphatic heterocycles. The lowest BCUT2D eigenvalue weighted by molar-refractivity contribution is -0.286. The van der Waals surface area contributed by atoms with Gasteiger partial charge in [0.05, 0.1) is 6.61 Å². The number of hydrogen-bond acceptors (Lipinski definition) is 14. The van der Waals surface area contributed by atoms with Crippen molar-refractivity contribution in [2.75, 3.05) is 6.61 Å². The number of benzene rings is 4. The molecule has 6 N–H and O–H groups in total. The minimum Gasteiger partial charge on any atom is -0.508 e. The number of phenolic OH excluding ortho intramolecular Hbond substituents is 4. The summed E-state index contributed by atoms with van der Waals surface area (Å²) in [6.07, 6.45) is -9.42. The van der Waals surface area contributed by atoms with Crippen LogP contribution in [-0.4, -0.2) is 79.9 Å². The van der Waals surface area contributed by atoms with Crippen LogP contribution in [0.25, 0.3) is 22.3 Å². The number of phenols is 4. The van der Waals surface area contributed by atoms with E-state index in [0.717, 1.165) is 24.3 Å². The SMILES string of the molecule is O=C(CCc1ccc(F)cc1)O[C@H]1[C@H](Oc2c(-c3ccc(O)c(O)c3)oc3cc(O)cc(O)c3c2=O)O[C@H](CO)[C@@H](O)[C@@H]1OC(=O)CCc1ccc(F)cc1. The number of aliphatic hydroxyl groups is 2. The second-order valence-corrected chi connectivity index (χ2v) is 12.6. The fraction of sp³-hybridized carbons (Fsp3) is 0.256. The third-order valence-corrected chi connectivity index (χ3v) is 8.78. The third kappa shape index (κ3) is 8.78. The maximum absolute atomic E-state index is 14.1. The van der Waals surface area contributed by atoms with Gasteiger partial charge in [0.2, 0.25) is 23.6 Å². The quantitative estimate of drug-likeness (QED) is 0.0778. The summed E-state index contributed by atoms with van der Waals surface area (Å²) in [5.41, 5.74) is -0.320. The number of aromatic hydroxyl groups is 4. The highest BCUT2D eigenvalue weighted by Crippen LogP contribution is 2.40. The van der Waals surface area contributed by atoms with Gasteiger partial charge < -0.3 is 54.0 Å². The zero-order valence-corrected chi connectivity index (χ0v) is 28.6. The highest BCUT2D eigenvalue weighted by Gasteiger charge is 2.51. The van der Waals surface area contributed by atoms with Crippen LogP contribution in [0, 0.1) is 11.6 Å². The van der Waals surface area contributed by atoms with E-state index in [9.17, 15) is 53.8 Å². The van der Waals surface area contributed by atoms with Crippen LogP contribution in [-0.2, 0) is 36.6 Å². The number of carbonyl (C=O) groups is 2. The van der Waals surface area contributed by atoms with Crippen LogP contribution in [0.2, 0.25) is 0 Å². The van der Waals surface area contributed by atoms with Crippen molar-refractivity contribution in [2.24, 2.45) is 0 Å². The monoisotopic (exact) mass is 764 g/mol. The van der Waals surface area contributed by atoms with Gasteiger partial charge in [0.15, 0.2) is 23.4 Å². The molecule has 0 saturated carbocycles. The van der Waals surface area contributed by atoms with Gasteiger partial charge in [-0.1, -0.05) is 24.3 Å². The molecule has 1 fully saturated rings. The Bertz CT molecular complexity index is 2240. The van der Waals surface area contributed by atoms with Crippen molar-refractivity contribution in [3.05, 3.63) is 112 Å². The van der Waals surface area contributed by atoms with E-state index in [2.05, 4.69) is 0 Å². The molecule has 0 bridgehead atoms. The summed E-state index contributed by atoms with van der Waals surface area (Å²) in [7, 11) is 0. The molecule has 1 saturated heterocycles. The molecule has 5 aromatic rings. The van der Waals surface area contributed by atoms with Crippen LogP contribution >= 0.6 is 0 Å². The zero-order chi connectivity index (χ0) is 39.4. The van der Waals surface area contributed by atoms with Crippen molar-refractivity contribution in [2.45, 2.75) is 56.4 Å². The summed E-state index contributed by atoms with van der Waals surface area (Å²) in [6, 6.07) is 15.8. The summed E-state index contributed by atoms with van der Waals surface area (Å²) >= 11 is 0. The van der Waals surface area contributed by atoms with Gasteiger partial charge in [0.1, 0.15) is 46.3 Å². The van der Waals surface area contributed by atoms with Gasteiger partial charge in [-0.3, -0.25) is 14.4 Å². The van der Waals surface area contributed by atoms with Crippen molar-refractivity contribution in [1.82, 2.24) is 0 Å².